The Hall–Kier alpha value is -3.04. The molecule has 0 fully saturated rings. The second-order valence-electron chi connectivity index (χ2n) is 4.78. The Bertz CT molecular complexity index is 706. The quantitative estimate of drug-likeness (QED) is 0.654. The van der Waals surface area contributed by atoms with Gasteiger partial charge in [0.1, 0.15) is 12.1 Å². The summed E-state index contributed by atoms with van der Waals surface area (Å²) in [6.07, 6.45) is 0.334. The van der Waals surface area contributed by atoms with Crippen LogP contribution in [0.2, 0.25) is 0 Å². The van der Waals surface area contributed by atoms with E-state index < -0.39 is 12.0 Å². The van der Waals surface area contributed by atoms with Gasteiger partial charge < -0.3 is 10.5 Å². The molecule has 0 heterocycles. The molecule has 6 nitrogen and oxygen atoms in total. The van der Waals surface area contributed by atoms with Crippen molar-refractivity contribution in [3.05, 3.63) is 60.2 Å². The Morgan fingerprint density at radius 3 is 2.30 bits per heavy atom. The fraction of sp³-hybridized carbons (Fsp3) is 0.176. The first kappa shape index (κ1) is 16.3. The number of nitriles is 1. The lowest BCUT2D eigenvalue weighted by Crippen LogP contribution is -2.34. The van der Waals surface area contributed by atoms with E-state index in [9.17, 15) is 4.79 Å². The van der Waals surface area contributed by atoms with E-state index in [0.29, 0.717) is 12.1 Å². The highest BCUT2D eigenvalue weighted by atomic mass is 16.5. The van der Waals surface area contributed by atoms with Crippen LogP contribution in [-0.4, -0.2) is 18.6 Å². The van der Waals surface area contributed by atoms with Crippen LogP contribution in [0.3, 0.4) is 0 Å². The van der Waals surface area contributed by atoms with Gasteiger partial charge in [-0.1, -0.05) is 30.3 Å². The Morgan fingerprint density at radius 2 is 1.70 bits per heavy atom. The van der Waals surface area contributed by atoms with Gasteiger partial charge in [0, 0.05) is 0 Å². The summed E-state index contributed by atoms with van der Waals surface area (Å²) in [6.45, 7) is -0.286. The van der Waals surface area contributed by atoms with E-state index >= 15 is 0 Å². The first-order valence-corrected chi connectivity index (χ1v) is 7.04. The number of carbonyl (C=O) groups is 1. The minimum absolute atomic E-state index is 0.286. The largest absolute Gasteiger partial charge is 0.449 e. The Labute approximate surface area is 134 Å². The van der Waals surface area contributed by atoms with Crippen LogP contribution in [0.4, 0.5) is 11.4 Å². The monoisotopic (exact) mass is 308 g/mol. The summed E-state index contributed by atoms with van der Waals surface area (Å²) in [5, 5.41) is 16.6. The zero-order valence-corrected chi connectivity index (χ0v) is 12.4. The van der Waals surface area contributed by atoms with Crippen molar-refractivity contribution in [2.75, 3.05) is 6.61 Å². The van der Waals surface area contributed by atoms with E-state index in [0.717, 1.165) is 11.3 Å². The molecule has 0 aromatic heterocycles. The number of rotatable bonds is 6. The van der Waals surface area contributed by atoms with Crippen LogP contribution in [0.5, 0.6) is 0 Å². The van der Waals surface area contributed by atoms with E-state index in [1.807, 2.05) is 42.5 Å². The molecular weight excluding hydrogens is 292 g/mol. The fourth-order valence-electron chi connectivity index (χ4n) is 1.86. The molecule has 0 radical (unpaired) electrons. The van der Waals surface area contributed by atoms with Gasteiger partial charge in [-0.15, -0.1) is 0 Å². The third-order valence-corrected chi connectivity index (χ3v) is 3.01. The highest BCUT2D eigenvalue weighted by Gasteiger charge is 2.15. The molecule has 0 bridgehead atoms. The maximum atomic E-state index is 11.5. The Balaban J connectivity index is 1.93. The molecule has 0 amide bonds. The van der Waals surface area contributed by atoms with Crippen molar-refractivity contribution in [1.29, 1.82) is 5.26 Å². The second-order valence-corrected chi connectivity index (χ2v) is 4.78. The van der Waals surface area contributed by atoms with E-state index in [2.05, 4.69) is 15.0 Å². The van der Waals surface area contributed by atoms with Gasteiger partial charge >= 0.3 is 5.97 Å². The first-order valence-electron chi connectivity index (χ1n) is 7.04. The van der Waals surface area contributed by atoms with Crippen LogP contribution < -0.4 is 5.73 Å². The molecule has 0 aliphatic heterocycles. The van der Waals surface area contributed by atoms with E-state index in [4.69, 9.17) is 11.0 Å². The molecule has 2 aromatic carbocycles. The molecule has 2 rings (SSSR count). The average molecular weight is 308 g/mol. The second kappa shape index (κ2) is 8.41. The van der Waals surface area contributed by atoms with Crippen molar-refractivity contribution < 1.29 is 9.53 Å². The maximum Gasteiger partial charge on any atom is 0.324 e. The number of esters is 1. The standard InChI is InChI=1S/C17H16N4O2/c18-10-11-23-17(22)16(19)12-13-6-8-15(9-7-13)21-20-14-4-2-1-3-5-14/h1-9,16H,11-12,19H2/b21-20+. The molecule has 2 N–H and O–H groups in total. The zero-order valence-electron chi connectivity index (χ0n) is 12.4. The highest BCUT2D eigenvalue weighted by Crippen LogP contribution is 2.18. The highest BCUT2D eigenvalue weighted by molar-refractivity contribution is 5.76. The average Bonchev–Trinajstić information content (AvgIpc) is 2.60. The first-order chi connectivity index (χ1) is 11.2. The zero-order chi connectivity index (χ0) is 16.5. The molecule has 1 unspecified atom stereocenters. The number of hydrogen-bond donors (Lipinski definition) is 1. The van der Waals surface area contributed by atoms with E-state index in [1.54, 1.807) is 18.2 Å². The third kappa shape index (κ3) is 5.34. The fourth-order valence-corrected chi connectivity index (χ4v) is 1.86. The van der Waals surface area contributed by atoms with Gasteiger partial charge in [-0.2, -0.15) is 15.5 Å². The summed E-state index contributed by atoms with van der Waals surface area (Å²) >= 11 is 0. The van der Waals surface area contributed by atoms with Gasteiger partial charge in [0.05, 0.1) is 11.4 Å². The Morgan fingerprint density at radius 1 is 1.09 bits per heavy atom. The molecule has 116 valence electrons. The summed E-state index contributed by atoms with van der Waals surface area (Å²) in [6, 6.07) is 17.6. The van der Waals surface area contributed by atoms with Crippen molar-refractivity contribution in [2.24, 2.45) is 16.0 Å². The van der Waals surface area contributed by atoms with Gasteiger partial charge in [-0.25, -0.2) is 0 Å². The number of hydrogen-bond acceptors (Lipinski definition) is 6. The molecule has 23 heavy (non-hydrogen) atoms. The van der Waals surface area contributed by atoms with Crippen molar-refractivity contribution in [2.45, 2.75) is 12.5 Å². The van der Waals surface area contributed by atoms with Gasteiger partial charge in [-0.3, -0.25) is 4.79 Å². The Kier molecular flexibility index (Phi) is 5.98. The summed E-state index contributed by atoms with van der Waals surface area (Å²) in [5.41, 5.74) is 8.10. The summed E-state index contributed by atoms with van der Waals surface area (Å²) in [7, 11) is 0. The number of carbonyl (C=O) groups excluding carboxylic acids is 1. The van der Waals surface area contributed by atoms with Crippen molar-refractivity contribution in [3.63, 3.8) is 0 Å². The smallest absolute Gasteiger partial charge is 0.324 e. The number of azo groups is 1. The molecule has 6 heteroatoms. The van der Waals surface area contributed by atoms with E-state index in [1.165, 1.54) is 0 Å². The summed E-state index contributed by atoms with van der Waals surface area (Å²) in [5.74, 6) is -0.584. The number of nitrogens with two attached hydrogens (primary N) is 1. The summed E-state index contributed by atoms with van der Waals surface area (Å²) < 4.78 is 4.68. The van der Waals surface area contributed by atoms with Crippen LogP contribution in [0.25, 0.3) is 0 Å². The minimum Gasteiger partial charge on any atom is -0.449 e. The molecule has 0 aliphatic rings. The molecule has 0 saturated heterocycles. The van der Waals surface area contributed by atoms with Crippen LogP contribution in [0.1, 0.15) is 5.56 Å². The van der Waals surface area contributed by atoms with Crippen molar-refractivity contribution in [1.82, 2.24) is 0 Å². The van der Waals surface area contributed by atoms with Gasteiger partial charge in [0.15, 0.2) is 6.61 Å². The minimum atomic E-state index is -0.792. The molecular formula is C17H16N4O2. The molecule has 0 saturated carbocycles. The van der Waals surface area contributed by atoms with Crippen LogP contribution in [0.15, 0.2) is 64.8 Å². The van der Waals surface area contributed by atoms with Crippen LogP contribution in [0, 0.1) is 11.3 Å². The van der Waals surface area contributed by atoms with Crippen LogP contribution >= 0.6 is 0 Å². The lowest BCUT2D eigenvalue weighted by Gasteiger charge is -2.09. The summed E-state index contributed by atoms with van der Waals surface area (Å²) in [4.78, 5) is 11.5. The molecule has 0 spiro atoms. The predicted octanol–water partition coefficient (Wildman–Crippen LogP) is 3.04. The van der Waals surface area contributed by atoms with E-state index in [-0.39, 0.29) is 6.61 Å². The SMILES string of the molecule is N#CCOC(=O)C(N)Cc1ccc(/N=N/c2ccccc2)cc1. The van der Waals surface area contributed by atoms with Gasteiger partial charge in [0.2, 0.25) is 0 Å². The molecule has 0 aliphatic carbocycles. The number of nitrogens with zero attached hydrogens (tertiary/aromatic N) is 3. The van der Waals surface area contributed by atoms with Gasteiger partial charge in [0.25, 0.3) is 0 Å². The van der Waals surface area contributed by atoms with Crippen molar-refractivity contribution >= 4 is 17.3 Å². The topological polar surface area (TPSA) is 101 Å². The van der Waals surface area contributed by atoms with Crippen LogP contribution in [-0.2, 0) is 16.0 Å². The maximum absolute atomic E-state index is 11.5. The predicted molar refractivity (Wildman–Crippen MR) is 85.3 cm³/mol. The normalized spacial score (nSPS) is 11.8. The lowest BCUT2D eigenvalue weighted by molar-refractivity contribution is -0.143. The molecule has 1 atom stereocenters. The molecule has 2 aromatic rings. The van der Waals surface area contributed by atoms with Gasteiger partial charge in [-0.05, 0) is 36.2 Å². The third-order valence-electron chi connectivity index (χ3n) is 3.01. The number of ether oxygens (including phenoxy) is 1. The number of benzene rings is 2. The lowest BCUT2D eigenvalue weighted by atomic mass is 10.1. The van der Waals surface area contributed by atoms with Crippen molar-refractivity contribution in [3.8, 4) is 6.07 Å².